The molecule has 4 heteroatoms. The van der Waals surface area contributed by atoms with Crippen LogP contribution in [0.15, 0.2) is 11.1 Å². The van der Waals surface area contributed by atoms with Gasteiger partial charge < -0.3 is 0 Å². The molecule has 0 aromatic carbocycles. The number of thioether (sulfide) groups is 1. The summed E-state index contributed by atoms with van der Waals surface area (Å²) in [5.41, 5.74) is 0.955. The van der Waals surface area contributed by atoms with Crippen molar-refractivity contribution < 1.29 is 0 Å². The van der Waals surface area contributed by atoms with Crippen LogP contribution in [0.3, 0.4) is 0 Å². The standard InChI is InChI=1S/C7H9ClN2S/c1-3-11-6-4-9-7(8)10-5(6)2/h4H,3H2,1-2H3. The van der Waals surface area contributed by atoms with Crippen LogP contribution in [0, 0.1) is 6.92 Å². The second-order valence-electron chi connectivity index (χ2n) is 2.02. The van der Waals surface area contributed by atoms with Gasteiger partial charge in [0, 0.05) is 11.1 Å². The summed E-state index contributed by atoms with van der Waals surface area (Å²) in [6.07, 6.45) is 1.76. The van der Waals surface area contributed by atoms with Crippen LogP contribution in [0.1, 0.15) is 12.6 Å². The van der Waals surface area contributed by atoms with Crippen molar-refractivity contribution in [3.8, 4) is 0 Å². The number of aryl methyl sites for hydroxylation is 1. The first kappa shape index (κ1) is 8.81. The number of rotatable bonds is 2. The van der Waals surface area contributed by atoms with E-state index >= 15 is 0 Å². The smallest absolute Gasteiger partial charge is 0.222 e. The third kappa shape index (κ3) is 2.34. The summed E-state index contributed by atoms with van der Waals surface area (Å²) in [7, 11) is 0. The van der Waals surface area contributed by atoms with Crippen molar-refractivity contribution in [2.24, 2.45) is 0 Å². The molecule has 0 unspecified atom stereocenters. The van der Waals surface area contributed by atoms with Gasteiger partial charge in [0.2, 0.25) is 5.28 Å². The van der Waals surface area contributed by atoms with E-state index in [-0.39, 0.29) is 0 Å². The van der Waals surface area contributed by atoms with Crippen LogP contribution in [0.25, 0.3) is 0 Å². The maximum atomic E-state index is 5.59. The van der Waals surface area contributed by atoms with E-state index in [1.165, 1.54) is 0 Å². The first-order valence-electron chi connectivity index (χ1n) is 3.36. The molecule has 60 valence electrons. The molecule has 0 saturated heterocycles. The van der Waals surface area contributed by atoms with Crippen molar-refractivity contribution in [3.05, 3.63) is 17.2 Å². The molecule has 0 atom stereocenters. The fourth-order valence-electron chi connectivity index (χ4n) is 0.725. The zero-order valence-corrected chi connectivity index (χ0v) is 8.04. The van der Waals surface area contributed by atoms with Crippen LogP contribution >= 0.6 is 23.4 Å². The summed E-state index contributed by atoms with van der Waals surface area (Å²) >= 11 is 7.31. The summed E-state index contributed by atoms with van der Waals surface area (Å²) in [5, 5.41) is 0.322. The number of aromatic nitrogens is 2. The molecule has 1 rings (SSSR count). The monoisotopic (exact) mass is 188 g/mol. The van der Waals surface area contributed by atoms with E-state index in [1.807, 2.05) is 6.92 Å². The Kier molecular flexibility index (Phi) is 3.15. The minimum atomic E-state index is 0.322. The molecule has 0 spiro atoms. The molecule has 0 bridgehead atoms. The van der Waals surface area contributed by atoms with Gasteiger partial charge >= 0.3 is 0 Å². The highest BCUT2D eigenvalue weighted by Crippen LogP contribution is 2.19. The SMILES string of the molecule is CCSc1cnc(Cl)nc1C. The lowest BCUT2D eigenvalue weighted by Gasteiger charge is -2.00. The predicted molar refractivity (Wildman–Crippen MR) is 48.2 cm³/mol. The van der Waals surface area contributed by atoms with Crippen molar-refractivity contribution in [1.82, 2.24) is 9.97 Å². The fraction of sp³-hybridized carbons (Fsp3) is 0.429. The normalized spacial score (nSPS) is 10.1. The highest BCUT2D eigenvalue weighted by Gasteiger charge is 1.99. The predicted octanol–water partition coefficient (Wildman–Crippen LogP) is 2.55. The summed E-state index contributed by atoms with van der Waals surface area (Å²) in [5.74, 6) is 1.03. The van der Waals surface area contributed by atoms with E-state index < -0.39 is 0 Å². The third-order valence-corrected chi connectivity index (χ3v) is 2.39. The van der Waals surface area contributed by atoms with E-state index in [1.54, 1.807) is 18.0 Å². The van der Waals surface area contributed by atoms with Crippen LogP contribution in [0.2, 0.25) is 5.28 Å². The van der Waals surface area contributed by atoms with E-state index in [0.29, 0.717) is 5.28 Å². The summed E-state index contributed by atoms with van der Waals surface area (Å²) in [4.78, 5) is 9.03. The molecule has 0 radical (unpaired) electrons. The Balaban J connectivity index is 2.90. The first-order chi connectivity index (χ1) is 5.24. The second-order valence-corrected chi connectivity index (χ2v) is 3.67. The van der Waals surface area contributed by atoms with Gasteiger partial charge in [-0.3, -0.25) is 0 Å². The molecule has 2 nitrogen and oxygen atoms in total. The summed E-state index contributed by atoms with van der Waals surface area (Å²) in [6, 6.07) is 0. The molecule has 1 aromatic rings. The molecule has 0 fully saturated rings. The zero-order chi connectivity index (χ0) is 8.27. The molecule has 1 aromatic heterocycles. The Morgan fingerprint density at radius 3 is 2.91 bits per heavy atom. The molecule has 0 aliphatic carbocycles. The Hall–Kier alpha value is -0.280. The van der Waals surface area contributed by atoms with Crippen molar-refractivity contribution in [3.63, 3.8) is 0 Å². The van der Waals surface area contributed by atoms with Gasteiger partial charge in [0.05, 0.1) is 5.69 Å². The Morgan fingerprint density at radius 2 is 2.36 bits per heavy atom. The van der Waals surface area contributed by atoms with E-state index in [2.05, 4.69) is 16.9 Å². The summed E-state index contributed by atoms with van der Waals surface area (Å²) < 4.78 is 0. The van der Waals surface area contributed by atoms with Gasteiger partial charge in [-0.05, 0) is 24.3 Å². The van der Waals surface area contributed by atoms with Gasteiger partial charge in [-0.2, -0.15) is 0 Å². The van der Waals surface area contributed by atoms with Gasteiger partial charge in [0.15, 0.2) is 0 Å². The van der Waals surface area contributed by atoms with Crippen molar-refractivity contribution >= 4 is 23.4 Å². The third-order valence-electron chi connectivity index (χ3n) is 1.20. The number of nitrogens with zero attached hydrogens (tertiary/aromatic N) is 2. The van der Waals surface area contributed by atoms with Gasteiger partial charge in [-0.15, -0.1) is 11.8 Å². The second kappa shape index (κ2) is 3.93. The fourth-order valence-corrected chi connectivity index (χ4v) is 1.59. The maximum absolute atomic E-state index is 5.59. The largest absolute Gasteiger partial charge is 0.225 e. The van der Waals surface area contributed by atoms with Crippen LogP contribution in [0.4, 0.5) is 0 Å². The van der Waals surface area contributed by atoms with E-state index in [0.717, 1.165) is 16.3 Å². The highest BCUT2D eigenvalue weighted by atomic mass is 35.5. The average Bonchev–Trinajstić information content (AvgIpc) is 1.95. The van der Waals surface area contributed by atoms with Crippen molar-refractivity contribution in [1.29, 1.82) is 0 Å². The lowest BCUT2D eigenvalue weighted by molar-refractivity contribution is 1.03. The quantitative estimate of drug-likeness (QED) is 0.527. The highest BCUT2D eigenvalue weighted by molar-refractivity contribution is 7.99. The Morgan fingerprint density at radius 1 is 1.64 bits per heavy atom. The number of hydrogen-bond donors (Lipinski definition) is 0. The van der Waals surface area contributed by atoms with Gasteiger partial charge in [0.1, 0.15) is 0 Å². The minimum absolute atomic E-state index is 0.322. The lowest BCUT2D eigenvalue weighted by atomic mass is 10.5. The van der Waals surface area contributed by atoms with Gasteiger partial charge in [-0.25, -0.2) is 9.97 Å². The Labute approximate surface area is 75.4 Å². The number of hydrogen-bond acceptors (Lipinski definition) is 3. The van der Waals surface area contributed by atoms with E-state index in [4.69, 9.17) is 11.6 Å². The van der Waals surface area contributed by atoms with Crippen LogP contribution in [0.5, 0.6) is 0 Å². The molecule has 0 N–H and O–H groups in total. The molecule has 0 aliphatic heterocycles. The molecule has 1 heterocycles. The molecule has 0 amide bonds. The Bertz CT molecular complexity index is 252. The van der Waals surface area contributed by atoms with Crippen molar-refractivity contribution in [2.75, 3.05) is 5.75 Å². The van der Waals surface area contributed by atoms with Crippen LogP contribution in [-0.4, -0.2) is 15.7 Å². The molecular weight excluding hydrogens is 180 g/mol. The lowest BCUT2D eigenvalue weighted by Crippen LogP contribution is -1.89. The van der Waals surface area contributed by atoms with Crippen LogP contribution in [-0.2, 0) is 0 Å². The van der Waals surface area contributed by atoms with Gasteiger partial charge in [-0.1, -0.05) is 6.92 Å². The summed E-state index contributed by atoms with van der Waals surface area (Å²) in [6.45, 7) is 4.03. The number of halogens is 1. The first-order valence-corrected chi connectivity index (χ1v) is 4.72. The molecular formula is C7H9ClN2S. The zero-order valence-electron chi connectivity index (χ0n) is 6.47. The van der Waals surface area contributed by atoms with Crippen molar-refractivity contribution in [2.45, 2.75) is 18.7 Å². The molecule has 0 saturated carbocycles. The van der Waals surface area contributed by atoms with Crippen LogP contribution < -0.4 is 0 Å². The molecule has 0 aliphatic rings. The maximum Gasteiger partial charge on any atom is 0.222 e. The topological polar surface area (TPSA) is 25.8 Å². The average molecular weight is 189 g/mol. The van der Waals surface area contributed by atoms with Gasteiger partial charge in [0.25, 0.3) is 0 Å². The minimum Gasteiger partial charge on any atom is -0.225 e. The van der Waals surface area contributed by atoms with E-state index in [9.17, 15) is 0 Å². The molecule has 11 heavy (non-hydrogen) atoms.